The Morgan fingerprint density at radius 1 is 0.842 bits per heavy atom. The molecule has 1 unspecified atom stereocenters. The monoisotopic (exact) mass is 517 g/mol. The van der Waals surface area contributed by atoms with Crippen LogP contribution in [0.15, 0.2) is 78.9 Å². The second-order valence-corrected chi connectivity index (χ2v) is 8.71. The molecule has 0 bridgehead atoms. The summed E-state index contributed by atoms with van der Waals surface area (Å²) in [5.74, 6) is -0.138. The Balaban J connectivity index is 1.77. The molecule has 0 saturated heterocycles. The Hall–Kier alpha value is -4.53. The van der Waals surface area contributed by atoms with Gasteiger partial charge in [-0.1, -0.05) is 66.7 Å². The minimum atomic E-state index is -0.786. The third-order valence-corrected chi connectivity index (χ3v) is 6.06. The van der Waals surface area contributed by atoms with Gasteiger partial charge in [-0.05, 0) is 41.7 Å². The second kappa shape index (κ2) is 14.3. The number of ether oxygens (including phenoxy) is 2. The smallest absolute Gasteiger partial charge is 0.242 e. The van der Waals surface area contributed by atoms with Crippen LogP contribution in [0.1, 0.15) is 35.4 Å². The van der Waals surface area contributed by atoms with Crippen molar-refractivity contribution in [2.24, 2.45) is 5.73 Å². The first-order chi connectivity index (χ1) is 18.4. The van der Waals surface area contributed by atoms with Crippen molar-refractivity contribution in [3.05, 3.63) is 95.6 Å². The lowest BCUT2D eigenvalue weighted by Crippen LogP contribution is -2.48. The minimum Gasteiger partial charge on any atom is -0.493 e. The van der Waals surface area contributed by atoms with Gasteiger partial charge < -0.3 is 31.2 Å². The van der Waals surface area contributed by atoms with Gasteiger partial charge in [-0.2, -0.15) is 0 Å². The SMILES string of the molecule is COc1ccc(CNC(=O)C(CCCNC(=N)N)NC(=O)C(c2ccccc2)c2ccccc2)cc1OC. The average Bonchev–Trinajstić information content (AvgIpc) is 2.94. The molecule has 0 heterocycles. The second-order valence-electron chi connectivity index (χ2n) is 8.71. The molecule has 9 heteroatoms. The summed E-state index contributed by atoms with van der Waals surface area (Å²) in [6, 6.07) is 23.6. The first-order valence-electron chi connectivity index (χ1n) is 12.4. The predicted molar refractivity (Wildman–Crippen MR) is 147 cm³/mol. The Morgan fingerprint density at radius 2 is 1.45 bits per heavy atom. The van der Waals surface area contributed by atoms with Gasteiger partial charge in [0.2, 0.25) is 11.8 Å². The van der Waals surface area contributed by atoms with Crippen molar-refractivity contribution < 1.29 is 19.1 Å². The zero-order chi connectivity index (χ0) is 27.3. The molecular formula is C29H35N5O4. The van der Waals surface area contributed by atoms with E-state index in [1.54, 1.807) is 26.4 Å². The lowest BCUT2D eigenvalue weighted by molar-refractivity contribution is -0.129. The molecule has 0 aromatic heterocycles. The van der Waals surface area contributed by atoms with Crippen molar-refractivity contribution in [1.29, 1.82) is 5.41 Å². The predicted octanol–water partition coefficient (Wildman–Crippen LogP) is 2.90. The van der Waals surface area contributed by atoms with Gasteiger partial charge in [0, 0.05) is 13.1 Å². The van der Waals surface area contributed by atoms with Crippen molar-refractivity contribution in [3.8, 4) is 11.5 Å². The van der Waals surface area contributed by atoms with E-state index in [4.69, 9.17) is 20.6 Å². The van der Waals surface area contributed by atoms with Crippen molar-refractivity contribution in [2.45, 2.75) is 31.3 Å². The normalized spacial score (nSPS) is 11.3. The number of nitrogens with one attached hydrogen (secondary N) is 4. The summed E-state index contributed by atoms with van der Waals surface area (Å²) >= 11 is 0. The molecule has 0 fully saturated rings. The van der Waals surface area contributed by atoms with Gasteiger partial charge in [-0.15, -0.1) is 0 Å². The summed E-state index contributed by atoms with van der Waals surface area (Å²) in [4.78, 5) is 26.9. The number of hydrogen-bond donors (Lipinski definition) is 5. The van der Waals surface area contributed by atoms with Crippen LogP contribution in [0.2, 0.25) is 0 Å². The molecule has 1 atom stereocenters. The number of rotatable bonds is 13. The molecule has 0 radical (unpaired) electrons. The number of nitrogens with two attached hydrogens (primary N) is 1. The van der Waals surface area contributed by atoms with Crippen LogP contribution in [-0.2, 0) is 16.1 Å². The van der Waals surface area contributed by atoms with Gasteiger partial charge >= 0.3 is 0 Å². The lowest BCUT2D eigenvalue weighted by Gasteiger charge is -2.23. The molecule has 0 aliphatic rings. The molecule has 2 amide bonds. The van der Waals surface area contributed by atoms with Crippen LogP contribution in [0.25, 0.3) is 0 Å². The molecular weight excluding hydrogens is 482 g/mol. The van der Waals surface area contributed by atoms with Crippen molar-refractivity contribution in [2.75, 3.05) is 20.8 Å². The summed E-state index contributed by atoms with van der Waals surface area (Å²) in [5, 5.41) is 16.0. The van der Waals surface area contributed by atoms with Crippen molar-refractivity contribution in [1.82, 2.24) is 16.0 Å². The van der Waals surface area contributed by atoms with Gasteiger partial charge in [0.05, 0.1) is 20.1 Å². The molecule has 0 saturated carbocycles. The zero-order valence-corrected chi connectivity index (χ0v) is 21.7. The van der Waals surface area contributed by atoms with E-state index in [1.165, 1.54) is 0 Å². The van der Waals surface area contributed by atoms with Crippen LogP contribution in [0.3, 0.4) is 0 Å². The van der Waals surface area contributed by atoms with Gasteiger partial charge in [0.15, 0.2) is 17.5 Å². The van der Waals surface area contributed by atoms with E-state index in [0.29, 0.717) is 30.9 Å². The molecule has 9 nitrogen and oxygen atoms in total. The zero-order valence-electron chi connectivity index (χ0n) is 21.7. The molecule has 200 valence electrons. The first-order valence-corrected chi connectivity index (χ1v) is 12.4. The molecule has 3 aromatic carbocycles. The van der Waals surface area contributed by atoms with Crippen LogP contribution < -0.4 is 31.2 Å². The van der Waals surface area contributed by atoms with Crippen LogP contribution in [0.5, 0.6) is 11.5 Å². The van der Waals surface area contributed by atoms with Gasteiger partial charge in [-0.25, -0.2) is 0 Å². The largest absolute Gasteiger partial charge is 0.493 e. The summed E-state index contributed by atoms with van der Waals surface area (Å²) in [5.41, 5.74) is 7.87. The van der Waals surface area contributed by atoms with E-state index in [1.807, 2.05) is 66.7 Å². The molecule has 3 aromatic rings. The number of methoxy groups -OCH3 is 2. The number of carbonyl (C=O) groups excluding carboxylic acids is 2. The lowest BCUT2D eigenvalue weighted by atomic mass is 9.90. The molecule has 0 aliphatic carbocycles. The number of benzene rings is 3. The molecule has 6 N–H and O–H groups in total. The highest BCUT2D eigenvalue weighted by Crippen LogP contribution is 2.28. The summed E-state index contributed by atoms with van der Waals surface area (Å²) in [7, 11) is 3.11. The molecule has 38 heavy (non-hydrogen) atoms. The Kier molecular flexibility index (Phi) is 10.5. The fourth-order valence-corrected chi connectivity index (χ4v) is 4.14. The molecule has 3 rings (SSSR count). The number of amides is 2. The number of hydrogen-bond acceptors (Lipinski definition) is 5. The van der Waals surface area contributed by atoms with Crippen LogP contribution >= 0.6 is 0 Å². The van der Waals surface area contributed by atoms with E-state index in [9.17, 15) is 9.59 Å². The van der Waals surface area contributed by atoms with E-state index in [-0.39, 0.29) is 24.3 Å². The molecule has 0 aliphatic heterocycles. The summed E-state index contributed by atoms with van der Waals surface area (Å²) in [6.45, 7) is 0.656. The average molecular weight is 518 g/mol. The van der Waals surface area contributed by atoms with Crippen LogP contribution in [0, 0.1) is 5.41 Å². The number of guanidine groups is 1. The van der Waals surface area contributed by atoms with Gasteiger partial charge in [0.1, 0.15) is 6.04 Å². The van der Waals surface area contributed by atoms with E-state index < -0.39 is 12.0 Å². The fourth-order valence-electron chi connectivity index (χ4n) is 4.14. The van der Waals surface area contributed by atoms with E-state index >= 15 is 0 Å². The maximum Gasteiger partial charge on any atom is 0.242 e. The fraction of sp³-hybridized carbons (Fsp3) is 0.276. The first kappa shape index (κ1) is 28.0. The maximum atomic E-state index is 13.6. The van der Waals surface area contributed by atoms with Gasteiger partial charge in [-0.3, -0.25) is 15.0 Å². The minimum absolute atomic E-state index is 0.142. The third kappa shape index (κ3) is 7.99. The van der Waals surface area contributed by atoms with Crippen molar-refractivity contribution in [3.63, 3.8) is 0 Å². The maximum absolute atomic E-state index is 13.6. The van der Waals surface area contributed by atoms with Crippen LogP contribution in [-0.4, -0.2) is 44.6 Å². The van der Waals surface area contributed by atoms with Crippen molar-refractivity contribution >= 4 is 17.8 Å². The highest BCUT2D eigenvalue weighted by Gasteiger charge is 2.27. The Bertz CT molecular complexity index is 1160. The highest BCUT2D eigenvalue weighted by molar-refractivity contribution is 5.92. The van der Waals surface area contributed by atoms with Gasteiger partial charge in [0.25, 0.3) is 0 Å². The van der Waals surface area contributed by atoms with Crippen LogP contribution in [0.4, 0.5) is 0 Å². The summed E-state index contributed by atoms with van der Waals surface area (Å²) in [6.07, 6.45) is 0.885. The Labute approximate surface area is 223 Å². The summed E-state index contributed by atoms with van der Waals surface area (Å²) < 4.78 is 10.6. The topological polar surface area (TPSA) is 139 Å². The third-order valence-electron chi connectivity index (χ3n) is 6.06. The highest BCUT2D eigenvalue weighted by atomic mass is 16.5. The van der Waals surface area contributed by atoms with E-state index in [2.05, 4.69) is 16.0 Å². The van der Waals surface area contributed by atoms with E-state index in [0.717, 1.165) is 16.7 Å². The Morgan fingerprint density at radius 3 is 2.00 bits per heavy atom. The standard InChI is InChI=1S/C29H35N5O4/c1-37-24-16-15-20(18-25(24)38-2)19-33-27(35)23(14-9-17-32-29(30)31)34-28(36)26(21-10-5-3-6-11-21)22-12-7-4-8-13-22/h3-8,10-13,15-16,18,23,26H,9,14,17,19H2,1-2H3,(H,33,35)(H,34,36)(H4,30,31,32). The number of carbonyl (C=O) groups is 2. The molecule has 0 spiro atoms. The quantitative estimate of drug-likeness (QED) is 0.134.